The summed E-state index contributed by atoms with van der Waals surface area (Å²) in [7, 11) is 0. The summed E-state index contributed by atoms with van der Waals surface area (Å²) >= 11 is 0. The zero-order valence-corrected chi connectivity index (χ0v) is 13.0. The number of hydrogen-bond acceptors (Lipinski definition) is 2. The van der Waals surface area contributed by atoms with Crippen LogP contribution in [0.3, 0.4) is 0 Å². The maximum atomic E-state index is 5.43. The number of aryl methyl sites for hydroxylation is 1. The molecule has 3 nitrogen and oxygen atoms in total. The van der Waals surface area contributed by atoms with Crippen molar-refractivity contribution < 1.29 is 14.0 Å². The first-order valence-corrected chi connectivity index (χ1v) is 7.84. The number of pyridine rings is 1. The number of fused-ring (bicyclic) bond motifs is 2. The van der Waals surface area contributed by atoms with E-state index >= 15 is 0 Å². The van der Waals surface area contributed by atoms with Crippen LogP contribution in [0.1, 0.15) is 18.1 Å². The Kier molecular flexibility index (Phi) is 3.46. The van der Waals surface area contributed by atoms with Crippen molar-refractivity contribution in [3.8, 4) is 11.5 Å². The normalized spacial score (nSPS) is 13.1. The molecule has 3 heteroatoms. The number of ether oxygens (including phenoxy) is 2. The average Bonchev–Trinajstić information content (AvgIpc) is 3.07. The maximum Gasteiger partial charge on any atom is 0.231 e. The second kappa shape index (κ2) is 5.76. The molecule has 2 aromatic carbocycles. The van der Waals surface area contributed by atoms with Gasteiger partial charge in [0.15, 0.2) is 17.7 Å². The molecule has 3 aromatic rings. The van der Waals surface area contributed by atoms with Crippen LogP contribution in [0, 0.1) is 0 Å². The van der Waals surface area contributed by atoms with E-state index in [2.05, 4.69) is 60.2 Å². The van der Waals surface area contributed by atoms with E-state index < -0.39 is 0 Å². The Bertz CT molecular complexity index is 899. The van der Waals surface area contributed by atoms with Crippen LogP contribution in [0.4, 0.5) is 0 Å². The summed E-state index contributed by atoms with van der Waals surface area (Å²) in [6.07, 6.45) is 6.40. The summed E-state index contributed by atoms with van der Waals surface area (Å²) in [5, 5.41) is 1.26. The first-order chi connectivity index (χ1) is 11.3. The third kappa shape index (κ3) is 2.55. The van der Waals surface area contributed by atoms with Crippen molar-refractivity contribution in [2.45, 2.75) is 13.5 Å². The Balaban J connectivity index is 1.73. The fraction of sp³-hybridized carbons (Fsp3) is 0.150. The lowest BCUT2D eigenvalue weighted by Gasteiger charge is -2.03. The van der Waals surface area contributed by atoms with Crippen LogP contribution in [-0.2, 0) is 6.54 Å². The topological polar surface area (TPSA) is 22.3 Å². The van der Waals surface area contributed by atoms with Crippen molar-refractivity contribution >= 4 is 23.1 Å². The molecule has 0 amide bonds. The summed E-state index contributed by atoms with van der Waals surface area (Å²) in [6.45, 7) is 3.43. The summed E-state index contributed by atoms with van der Waals surface area (Å²) in [6, 6.07) is 16.7. The van der Waals surface area contributed by atoms with Gasteiger partial charge in [-0.15, -0.1) is 0 Å². The SMILES string of the molecule is CC[n+]1ccc(C=Cc2ccc3c(c2)OCO3)c2ccccc21. The van der Waals surface area contributed by atoms with E-state index in [1.807, 2.05) is 18.2 Å². The predicted molar refractivity (Wildman–Crippen MR) is 91.3 cm³/mol. The minimum Gasteiger partial charge on any atom is -0.454 e. The molecule has 0 bridgehead atoms. The molecule has 0 unspecified atom stereocenters. The van der Waals surface area contributed by atoms with Crippen LogP contribution in [-0.4, -0.2) is 6.79 Å². The van der Waals surface area contributed by atoms with Crippen LogP contribution < -0.4 is 14.0 Å². The summed E-state index contributed by atoms with van der Waals surface area (Å²) < 4.78 is 13.0. The van der Waals surface area contributed by atoms with Crippen LogP contribution in [0.2, 0.25) is 0 Å². The molecule has 1 aliphatic heterocycles. The molecule has 0 spiro atoms. The lowest BCUT2D eigenvalue weighted by Crippen LogP contribution is -2.32. The van der Waals surface area contributed by atoms with Crippen molar-refractivity contribution in [1.29, 1.82) is 0 Å². The number of aromatic nitrogens is 1. The number of para-hydroxylation sites is 1. The largest absolute Gasteiger partial charge is 0.454 e. The molecule has 0 fully saturated rings. The zero-order valence-electron chi connectivity index (χ0n) is 13.0. The molecule has 1 aromatic heterocycles. The van der Waals surface area contributed by atoms with E-state index in [0.717, 1.165) is 23.6 Å². The molecule has 0 aliphatic carbocycles. The van der Waals surface area contributed by atoms with Gasteiger partial charge in [-0.2, -0.15) is 4.57 Å². The number of nitrogens with zero attached hydrogens (tertiary/aromatic N) is 1. The zero-order chi connectivity index (χ0) is 15.6. The third-order valence-electron chi connectivity index (χ3n) is 4.15. The number of hydrogen-bond donors (Lipinski definition) is 0. The Morgan fingerprint density at radius 3 is 2.78 bits per heavy atom. The van der Waals surface area contributed by atoms with Gasteiger partial charge in [-0.05, 0) is 36.2 Å². The lowest BCUT2D eigenvalue weighted by atomic mass is 10.1. The monoisotopic (exact) mass is 304 g/mol. The van der Waals surface area contributed by atoms with Gasteiger partial charge in [-0.25, -0.2) is 0 Å². The molecular formula is C20H18NO2+. The second-order valence-corrected chi connectivity index (χ2v) is 5.52. The molecule has 23 heavy (non-hydrogen) atoms. The van der Waals surface area contributed by atoms with Gasteiger partial charge in [0, 0.05) is 12.1 Å². The minimum atomic E-state index is 0.308. The smallest absolute Gasteiger partial charge is 0.231 e. The second-order valence-electron chi connectivity index (χ2n) is 5.52. The Morgan fingerprint density at radius 2 is 1.87 bits per heavy atom. The molecule has 0 saturated carbocycles. The van der Waals surface area contributed by atoms with E-state index in [0.29, 0.717) is 6.79 Å². The standard InChI is InChI=1S/C20H18NO2/c1-2-21-12-11-16(17-5-3-4-6-18(17)21)9-7-15-8-10-19-20(13-15)23-14-22-19/h3-13H,2,14H2,1H3/q+1. The highest BCUT2D eigenvalue weighted by molar-refractivity contribution is 5.88. The molecule has 0 radical (unpaired) electrons. The summed E-state index contributed by atoms with van der Waals surface area (Å²) in [5.74, 6) is 1.63. The van der Waals surface area contributed by atoms with Gasteiger partial charge in [0.1, 0.15) is 6.54 Å². The van der Waals surface area contributed by atoms with Gasteiger partial charge in [0.05, 0.1) is 5.39 Å². The Morgan fingerprint density at radius 1 is 1.00 bits per heavy atom. The van der Waals surface area contributed by atoms with Crippen molar-refractivity contribution in [3.63, 3.8) is 0 Å². The van der Waals surface area contributed by atoms with Crippen LogP contribution in [0.15, 0.2) is 54.7 Å². The predicted octanol–water partition coefficient (Wildman–Crippen LogP) is 4.05. The first kappa shape index (κ1) is 13.8. The highest BCUT2D eigenvalue weighted by atomic mass is 16.7. The van der Waals surface area contributed by atoms with Crippen LogP contribution in [0.25, 0.3) is 23.1 Å². The fourth-order valence-electron chi connectivity index (χ4n) is 2.93. The highest BCUT2D eigenvalue weighted by Gasteiger charge is 2.12. The summed E-state index contributed by atoms with van der Waals surface area (Å²) in [5.41, 5.74) is 3.57. The molecule has 1 aliphatic rings. The quantitative estimate of drug-likeness (QED) is 0.681. The molecular weight excluding hydrogens is 286 g/mol. The number of benzene rings is 2. The van der Waals surface area contributed by atoms with Gasteiger partial charge in [-0.1, -0.05) is 30.4 Å². The molecule has 0 saturated heterocycles. The van der Waals surface area contributed by atoms with E-state index in [1.54, 1.807) is 0 Å². The first-order valence-electron chi connectivity index (χ1n) is 7.84. The maximum absolute atomic E-state index is 5.43. The molecule has 0 atom stereocenters. The third-order valence-corrected chi connectivity index (χ3v) is 4.15. The van der Waals surface area contributed by atoms with Gasteiger partial charge in [0.2, 0.25) is 12.3 Å². The average molecular weight is 304 g/mol. The molecule has 0 N–H and O–H groups in total. The van der Waals surface area contributed by atoms with E-state index in [4.69, 9.17) is 9.47 Å². The molecule has 4 rings (SSSR count). The lowest BCUT2D eigenvalue weighted by molar-refractivity contribution is -0.667. The van der Waals surface area contributed by atoms with Crippen molar-refractivity contribution in [1.82, 2.24) is 0 Å². The summed E-state index contributed by atoms with van der Waals surface area (Å²) in [4.78, 5) is 0. The van der Waals surface area contributed by atoms with Gasteiger partial charge in [0.25, 0.3) is 0 Å². The highest BCUT2D eigenvalue weighted by Crippen LogP contribution is 2.33. The van der Waals surface area contributed by atoms with Gasteiger partial charge in [-0.3, -0.25) is 0 Å². The van der Waals surface area contributed by atoms with Crippen molar-refractivity contribution in [3.05, 3.63) is 65.9 Å². The Hall–Kier alpha value is -2.81. The van der Waals surface area contributed by atoms with E-state index in [1.165, 1.54) is 16.5 Å². The number of rotatable bonds is 3. The molecule has 114 valence electrons. The van der Waals surface area contributed by atoms with E-state index in [-0.39, 0.29) is 0 Å². The fourth-order valence-corrected chi connectivity index (χ4v) is 2.93. The van der Waals surface area contributed by atoms with Crippen LogP contribution >= 0.6 is 0 Å². The Labute approximate surface area is 135 Å². The minimum absolute atomic E-state index is 0.308. The van der Waals surface area contributed by atoms with Crippen LogP contribution in [0.5, 0.6) is 11.5 Å². The van der Waals surface area contributed by atoms with E-state index in [9.17, 15) is 0 Å². The van der Waals surface area contributed by atoms with Gasteiger partial charge < -0.3 is 9.47 Å². The molecule has 2 heterocycles. The van der Waals surface area contributed by atoms with Crippen molar-refractivity contribution in [2.75, 3.05) is 6.79 Å². The van der Waals surface area contributed by atoms with Gasteiger partial charge >= 0.3 is 0 Å². The van der Waals surface area contributed by atoms with Crippen molar-refractivity contribution in [2.24, 2.45) is 0 Å².